The van der Waals surface area contributed by atoms with E-state index in [0.29, 0.717) is 6.54 Å². The standard InChI is InChI=1S/C8H14N4O2/c1-2-3-4-12-6-5(10-8(12)14)9-7(13)11-6/h5-6H,2-4H2,1H3,(H,10,14)(H2,9,11,13)/t5-,6+/m1/s1. The van der Waals surface area contributed by atoms with Gasteiger partial charge >= 0.3 is 12.1 Å². The number of hydrogen-bond donors (Lipinski definition) is 3. The van der Waals surface area contributed by atoms with Crippen LogP contribution in [0, 0.1) is 0 Å². The van der Waals surface area contributed by atoms with Crippen LogP contribution in [-0.4, -0.2) is 35.8 Å². The van der Waals surface area contributed by atoms with Crippen molar-refractivity contribution in [1.82, 2.24) is 20.9 Å². The van der Waals surface area contributed by atoms with Gasteiger partial charge in [0.05, 0.1) is 0 Å². The van der Waals surface area contributed by atoms with Crippen LogP contribution in [0.3, 0.4) is 0 Å². The summed E-state index contributed by atoms with van der Waals surface area (Å²) < 4.78 is 0. The van der Waals surface area contributed by atoms with E-state index in [2.05, 4.69) is 22.9 Å². The fraction of sp³-hybridized carbons (Fsp3) is 0.750. The summed E-state index contributed by atoms with van der Waals surface area (Å²) in [6.07, 6.45) is 1.49. The fourth-order valence-electron chi connectivity index (χ4n) is 1.76. The van der Waals surface area contributed by atoms with Crippen molar-refractivity contribution < 1.29 is 9.59 Å². The number of fused-ring (bicyclic) bond motifs is 1. The smallest absolute Gasteiger partial charge is 0.314 e. The van der Waals surface area contributed by atoms with E-state index in [-0.39, 0.29) is 24.4 Å². The second kappa shape index (κ2) is 3.36. The lowest BCUT2D eigenvalue weighted by Gasteiger charge is -2.20. The zero-order chi connectivity index (χ0) is 10.1. The Morgan fingerprint density at radius 2 is 2.07 bits per heavy atom. The van der Waals surface area contributed by atoms with Gasteiger partial charge in [-0.2, -0.15) is 0 Å². The number of rotatable bonds is 3. The summed E-state index contributed by atoms with van der Waals surface area (Å²) in [4.78, 5) is 24.1. The third-order valence-corrected chi connectivity index (χ3v) is 2.51. The van der Waals surface area contributed by atoms with Crippen molar-refractivity contribution in [2.24, 2.45) is 0 Å². The van der Waals surface area contributed by atoms with Crippen molar-refractivity contribution >= 4 is 12.1 Å². The lowest BCUT2D eigenvalue weighted by atomic mass is 10.3. The molecule has 4 amide bonds. The molecule has 0 spiro atoms. The Hall–Kier alpha value is -1.46. The zero-order valence-corrected chi connectivity index (χ0v) is 8.04. The number of nitrogens with zero attached hydrogens (tertiary/aromatic N) is 1. The van der Waals surface area contributed by atoms with Crippen LogP contribution in [0.2, 0.25) is 0 Å². The monoisotopic (exact) mass is 198 g/mol. The molecule has 2 aliphatic rings. The molecule has 0 aromatic carbocycles. The number of carbonyl (C=O) groups is 2. The Kier molecular flexibility index (Phi) is 2.18. The Morgan fingerprint density at radius 3 is 2.79 bits per heavy atom. The van der Waals surface area contributed by atoms with E-state index in [1.165, 1.54) is 0 Å². The highest BCUT2D eigenvalue weighted by Gasteiger charge is 2.44. The summed E-state index contributed by atoms with van der Waals surface area (Å²) in [5, 5.41) is 8.02. The number of amides is 4. The Bertz CT molecular complexity index is 268. The van der Waals surface area contributed by atoms with E-state index in [1.807, 2.05) is 0 Å². The minimum atomic E-state index is -0.271. The third-order valence-electron chi connectivity index (χ3n) is 2.51. The molecule has 2 rings (SSSR count). The molecule has 2 saturated heterocycles. The van der Waals surface area contributed by atoms with Crippen molar-refractivity contribution in [2.45, 2.75) is 32.1 Å². The first-order chi connectivity index (χ1) is 6.72. The first-order valence-electron chi connectivity index (χ1n) is 4.86. The highest BCUT2D eigenvalue weighted by atomic mass is 16.2. The van der Waals surface area contributed by atoms with E-state index < -0.39 is 0 Å². The van der Waals surface area contributed by atoms with Gasteiger partial charge in [0.25, 0.3) is 0 Å². The summed E-state index contributed by atoms with van der Waals surface area (Å²) >= 11 is 0. The summed E-state index contributed by atoms with van der Waals surface area (Å²) in [5.74, 6) is 0. The van der Waals surface area contributed by atoms with Crippen molar-refractivity contribution in [2.75, 3.05) is 6.54 Å². The number of carbonyl (C=O) groups excluding carboxylic acids is 2. The third kappa shape index (κ3) is 1.36. The lowest BCUT2D eigenvalue weighted by Crippen LogP contribution is -2.43. The van der Waals surface area contributed by atoms with Crippen molar-refractivity contribution in [3.8, 4) is 0 Å². The van der Waals surface area contributed by atoms with Crippen LogP contribution in [0.4, 0.5) is 9.59 Å². The maximum atomic E-state index is 11.4. The molecule has 6 nitrogen and oxygen atoms in total. The predicted octanol–water partition coefficient (Wildman–Crippen LogP) is -0.223. The average Bonchev–Trinajstić information content (AvgIpc) is 2.58. The van der Waals surface area contributed by atoms with Gasteiger partial charge in [0.15, 0.2) is 0 Å². The predicted molar refractivity (Wildman–Crippen MR) is 49.4 cm³/mol. The van der Waals surface area contributed by atoms with Gasteiger partial charge in [-0.15, -0.1) is 0 Å². The normalized spacial score (nSPS) is 29.6. The molecule has 0 radical (unpaired) electrons. The largest absolute Gasteiger partial charge is 0.320 e. The van der Waals surface area contributed by atoms with Crippen LogP contribution < -0.4 is 16.0 Å². The summed E-state index contributed by atoms with van der Waals surface area (Å²) in [5.41, 5.74) is 0. The van der Waals surface area contributed by atoms with Crippen molar-refractivity contribution in [1.29, 1.82) is 0 Å². The topological polar surface area (TPSA) is 73.5 Å². The van der Waals surface area contributed by atoms with Crippen LogP contribution in [0.1, 0.15) is 19.8 Å². The molecule has 6 heteroatoms. The minimum Gasteiger partial charge on any atom is -0.314 e. The summed E-state index contributed by atoms with van der Waals surface area (Å²) in [7, 11) is 0. The number of nitrogens with one attached hydrogen (secondary N) is 3. The molecule has 0 aromatic heterocycles. The van der Waals surface area contributed by atoms with Crippen LogP contribution in [0.5, 0.6) is 0 Å². The molecule has 0 bridgehead atoms. The lowest BCUT2D eigenvalue weighted by molar-refractivity contribution is 0.195. The number of unbranched alkanes of at least 4 members (excludes halogenated alkanes) is 1. The molecule has 2 fully saturated rings. The van der Waals surface area contributed by atoms with Gasteiger partial charge in [-0.25, -0.2) is 9.59 Å². The average molecular weight is 198 g/mol. The molecule has 0 aromatic rings. The summed E-state index contributed by atoms with van der Waals surface area (Å²) in [6.45, 7) is 2.75. The maximum Gasteiger partial charge on any atom is 0.320 e. The Morgan fingerprint density at radius 1 is 1.29 bits per heavy atom. The Balaban J connectivity index is 2.01. The first kappa shape index (κ1) is 9.11. The van der Waals surface area contributed by atoms with Gasteiger partial charge in [-0.1, -0.05) is 13.3 Å². The van der Waals surface area contributed by atoms with Crippen molar-refractivity contribution in [3.63, 3.8) is 0 Å². The molecule has 14 heavy (non-hydrogen) atoms. The summed E-state index contributed by atoms with van der Waals surface area (Å²) in [6, 6.07) is -0.331. The van der Waals surface area contributed by atoms with Gasteiger partial charge in [0.1, 0.15) is 12.3 Å². The molecular weight excluding hydrogens is 184 g/mol. The second-order valence-electron chi connectivity index (χ2n) is 3.54. The van der Waals surface area contributed by atoms with Gasteiger partial charge < -0.3 is 20.9 Å². The van der Waals surface area contributed by atoms with Crippen LogP contribution in [0.25, 0.3) is 0 Å². The quantitative estimate of drug-likeness (QED) is 0.586. The molecule has 2 aliphatic heterocycles. The molecule has 0 unspecified atom stereocenters. The second-order valence-corrected chi connectivity index (χ2v) is 3.54. The van der Waals surface area contributed by atoms with Gasteiger partial charge in [-0.05, 0) is 6.42 Å². The van der Waals surface area contributed by atoms with Crippen LogP contribution in [0.15, 0.2) is 0 Å². The molecule has 3 N–H and O–H groups in total. The molecule has 78 valence electrons. The molecule has 2 atom stereocenters. The Labute approximate surface area is 82.0 Å². The van der Waals surface area contributed by atoms with Gasteiger partial charge in [0.2, 0.25) is 0 Å². The van der Waals surface area contributed by atoms with Gasteiger partial charge in [0, 0.05) is 6.54 Å². The highest BCUT2D eigenvalue weighted by molar-refractivity contribution is 5.84. The van der Waals surface area contributed by atoms with Crippen molar-refractivity contribution in [3.05, 3.63) is 0 Å². The zero-order valence-electron chi connectivity index (χ0n) is 8.04. The van der Waals surface area contributed by atoms with E-state index in [9.17, 15) is 9.59 Å². The molecular formula is C8H14N4O2. The van der Waals surface area contributed by atoms with E-state index in [0.717, 1.165) is 12.8 Å². The molecule has 0 saturated carbocycles. The van der Waals surface area contributed by atoms with Crippen LogP contribution in [-0.2, 0) is 0 Å². The maximum absolute atomic E-state index is 11.4. The van der Waals surface area contributed by atoms with E-state index in [1.54, 1.807) is 4.90 Å². The molecule has 2 heterocycles. The number of hydrogen-bond acceptors (Lipinski definition) is 2. The van der Waals surface area contributed by atoms with Gasteiger partial charge in [-0.3, -0.25) is 0 Å². The number of urea groups is 2. The highest BCUT2D eigenvalue weighted by Crippen LogP contribution is 2.14. The minimum absolute atomic E-state index is 0.110. The SMILES string of the molecule is CCCCN1C(=O)N[C@H]2NC(=O)N[C@H]21. The van der Waals surface area contributed by atoms with Crippen LogP contribution >= 0.6 is 0 Å². The van der Waals surface area contributed by atoms with E-state index >= 15 is 0 Å². The fourth-order valence-corrected chi connectivity index (χ4v) is 1.76. The molecule has 0 aliphatic carbocycles. The van der Waals surface area contributed by atoms with E-state index in [4.69, 9.17) is 0 Å². The first-order valence-corrected chi connectivity index (χ1v) is 4.86.